The highest BCUT2D eigenvalue weighted by molar-refractivity contribution is 7.57. The largest absolute Gasteiger partial charge is 0.481 e. The minimum absolute atomic E-state index is 0.0360. The average molecular weight is 164 g/mol. The molecule has 2 N–H and O–H groups in total. The first-order valence-electron chi connectivity index (χ1n) is 2.76. The summed E-state index contributed by atoms with van der Waals surface area (Å²) < 4.78 is 0. The third kappa shape index (κ3) is 5.66. The van der Waals surface area contributed by atoms with Crippen LogP contribution in [0.2, 0.25) is 0 Å². The highest BCUT2D eigenvalue weighted by Gasteiger charge is 2.03. The van der Waals surface area contributed by atoms with E-state index in [0.717, 1.165) is 0 Å². The second kappa shape index (κ2) is 5.33. The van der Waals surface area contributed by atoms with Crippen molar-refractivity contribution in [3.05, 3.63) is 0 Å². The molecule has 58 valence electrons. The molecule has 5 heteroatoms. The average Bonchev–Trinajstić information content (AvgIpc) is 1.85. The highest BCUT2D eigenvalue weighted by Crippen LogP contribution is 2.12. The first-order chi connectivity index (χ1) is 4.66. The molecule has 0 radical (unpaired) electrons. The minimum atomic E-state index is -0.976. The molecule has 0 aromatic heterocycles. The topological polar surface area (TPSA) is 74.6 Å². The highest BCUT2D eigenvalue weighted by atomic mass is 31.1. The predicted molar refractivity (Wildman–Crippen MR) is 37.3 cm³/mol. The van der Waals surface area contributed by atoms with Crippen LogP contribution in [0.4, 0.5) is 0 Å². The third-order valence-electron chi connectivity index (χ3n) is 0.842. The van der Waals surface area contributed by atoms with E-state index in [1.54, 1.807) is 0 Å². The van der Waals surface area contributed by atoms with Crippen molar-refractivity contribution in [1.82, 2.24) is 0 Å². The molecule has 0 aliphatic rings. The maximum Gasteiger partial charge on any atom is 0.303 e. The molecule has 0 amide bonds. The first-order valence-corrected chi connectivity index (χ1v) is 3.97. The summed E-state index contributed by atoms with van der Waals surface area (Å²) in [4.78, 5) is 20.4. The van der Waals surface area contributed by atoms with Crippen LogP contribution in [0.3, 0.4) is 0 Å². The summed E-state index contributed by atoms with van der Waals surface area (Å²) in [6, 6.07) is 0. The SMILES string of the molecule is O=C(O)CCC(=O)PCO. The molecule has 1 atom stereocenters. The summed E-state index contributed by atoms with van der Waals surface area (Å²) in [6.45, 7) is 0. The number of rotatable bonds is 5. The minimum Gasteiger partial charge on any atom is -0.481 e. The number of carboxylic acids is 1. The summed E-state index contributed by atoms with van der Waals surface area (Å²) >= 11 is 0. The summed E-state index contributed by atoms with van der Waals surface area (Å²) in [5, 5.41) is 16.4. The zero-order valence-electron chi connectivity index (χ0n) is 5.33. The smallest absolute Gasteiger partial charge is 0.303 e. The Hall–Kier alpha value is -0.470. The van der Waals surface area contributed by atoms with Crippen molar-refractivity contribution in [3.63, 3.8) is 0 Å². The van der Waals surface area contributed by atoms with Crippen LogP contribution in [-0.4, -0.2) is 28.1 Å². The van der Waals surface area contributed by atoms with E-state index in [4.69, 9.17) is 10.2 Å². The summed E-state index contributed by atoms with van der Waals surface area (Å²) in [7, 11) is -0.158. The van der Waals surface area contributed by atoms with Gasteiger partial charge in [0.15, 0.2) is 5.52 Å². The van der Waals surface area contributed by atoms with Gasteiger partial charge in [0.05, 0.1) is 12.8 Å². The fraction of sp³-hybridized carbons (Fsp3) is 0.600. The van der Waals surface area contributed by atoms with Crippen molar-refractivity contribution >= 4 is 20.1 Å². The normalized spacial score (nSPS) is 10.5. The van der Waals surface area contributed by atoms with E-state index in [-0.39, 0.29) is 33.3 Å². The van der Waals surface area contributed by atoms with Gasteiger partial charge in [-0.1, -0.05) is 0 Å². The van der Waals surface area contributed by atoms with Crippen molar-refractivity contribution in [2.45, 2.75) is 12.8 Å². The van der Waals surface area contributed by atoms with Crippen LogP contribution < -0.4 is 0 Å². The van der Waals surface area contributed by atoms with Gasteiger partial charge in [-0.15, -0.1) is 0 Å². The van der Waals surface area contributed by atoms with Crippen molar-refractivity contribution < 1.29 is 19.8 Å². The van der Waals surface area contributed by atoms with Gasteiger partial charge in [-0.25, -0.2) is 0 Å². The molecular weight excluding hydrogens is 155 g/mol. The zero-order valence-corrected chi connectivity index (χ0v) is 6.33. The van der Waals surface area contributed by atoms with E-state index in [9.17, 15) is 9.59 Å². The molecule has 0 rings (SSSR count). The zero-order chi connectivity index (χ0) is 7.98. The van der Waals surface area contributed by atoms with Gasteiger partial charge in [0.1, 0.15) is 0 Å². The van der Waals surface area contributed by atoms with Crippen LogP contribution in [0.1, 0.15) is 12.8 Å². The first kappa shape index (κ1) is 9.53. The monoisotopic (exact) mass is 164 g/mol. The molecule has 10 heavy (non-hydrogen) atoms. The van der Waals surface area contributed by atoms with Crippen molar-refractivity contribution in [1.29, 1.82) is 0 Å². The number of hydrogen-bond acceptors (Lipinski definition) is 3. The van der Waals surface area contributed by atoms with Crippen LogP contribution in [0.25, 0.3) is 0 Å². The number of aliphatic hydroxyl groups is 1. The predicted octanol–water partition coefficient (Wildman–Crippen LogP) is 0.00610. The van der Waals surface area contributed by atoms with Gasteiger partial charge >= 0.3 is 5.97 Å². The molecule has 4 nitrogen and oxygen atoms in total. The Kier molecular flexibility index (Phi) is 5.08. The number of hydrogen-bond donors (Lipinski definition) is 2. The van der Waals surface area contributed by atoms with Gasteiger partial charge in [0.2, 0.25) is 0 Å². The van der Waals surface area contributed by atoms with Gasteiger partial charge in [-0.2, -0.15) is 0 Å². The number of carboxylic acid groups (broad SMARTS) is 1. The quantitative estimate of drug-likeness (QED) is 0.561. The standard InChI is InChI=1S/C5H9O4P/c6-3-10-5(9)2-1-4(7)8/h6,10H,1-3H2,(H,7,8). The Morgan fingerprint density at radius 1 is 1.30 bits per heavy atom. The Bertz CT molecular complexity index is 134. The van der Waals surface area contributed by atoms with Crippen molar-refractivity contribution in [2.24, 2.45) is 0 Å². The molecule has 0 heterocycles. The summed E-state index contributed by atoms with van der Waals surface area (Å²) in [5.74, 6) is -0.976. The summed E-state index contributed by atoms with van der Waals surface area (Å²) in [6.07, 6.45) is -0.265. The molecule has 0 bridgehead atoms. The fourth-order valence-corrected chi connectivity index (χ4v) is 0.875. The van der Waals surface area contributed by atoms with Crippen LogP contribution in [0.5, 0.6) is 0 Å². The van der Waals surface area contributed by atoms with Crippen LogP contribution in [0.15, 0.2) is 0 Å². The van der Waals surface area contributed by atoms with Gasteiger partial charge in [-0.05, 0) is 8.58 Å². The number of carbonyl (C=O) groups is 2. The molecule has 0 aliphatic heterocycles. The number of carbonyl (C=O) groups excluding carboxylic acids is 1. The molecule has 0 aromatic carbocycles. The van der Waals surface area contributed by atoms with E-state index in [2.05, 4.69) is 0 Å². The molecule has 0 aromatic rings. The number of aliphatic carboxylic acids is 1. The lowest BCUT2D eigenvalue weighted by Gasteiger charge is -1.93. The van der Waals surface area contributed by atoms with Gasteiger partial charge in [-0.3, -0.25) is 9.59 Å². The Morgan fingerprint density at radius 3 is 2.30 bits per heavy atom. The van der Waals surface area contributed by atoms with Crippen molar-refractivity contribution in [2.75, 3.05) is 6.35 Å². The van der Waals surface area contributed by atoms with E-state index in [1.165, 1.54) is 0 Å². The van der Waals surface area contributed by atoms with Gasteiger partial charge in [0, 0.05) is 6.42 Å². The second-order valence-corrected chi connectivity index (χ2v) is 2.88. The van der Waals surface area contributed by atoms with E-state index < -0.39 is 5.97 Å². The van der Waals surface area contributed by atoms with Gasteiger partial charge in [0.25, 0.3) is 0 Å². The molecule has 1 unspecified atom stereocenters. The molecule has 0 aliphatic carbocycles. The molecule has 0 saturated carbocycles. The molecule has 0 saturated heterocycles. The Balaban J connectivity index is 3.30. The Morgan fingerprint density at radius 2 is 1.90 bits per heavy atom. The molecular formula is C5H9O4P. The van der Waals surface area contributed by atoms with Crippen LogP contribution >= 0.6 is 8.58 Å². The molecule has 0 fully saturated rings. The lowest BCUT2D eigenvalue weighted by atomic mass is 10.3. The van der Waals surface area contributed by atoms with E-state index in [1.807, 2.05) is 0 Å². The van der Waals surface area contributed by atoms with Crippen LogP contribution in [0, 0.1) is 0 Å². The van der Waals surface area contributed by atoms with Gasteiger partial charge < -0.3 is 10.2 Å². The van der Waals surface area contributed by atoms with E-state index >= 15 is 0 Å². The van der Waals surface area contributed by atoms with Crippen molar-refractivity contribution in [3.8, 4) is 0 Å². The third-order valence-corrected chi connectivity index (χ3v) is 1.64. The lowest BCUT2D eigenvalue weighted by molar-refractivity contribution is -0.138. The lowest BCUT2D eigenvalue weighted by Crippen LogP contribution is -1.98. The second-order valence-electron chi connectivity index (χ2n) is 1.65. The number of aliphatic hydroxyl groups excluding tert-OH is 1. The molecule has 0 spiro atoms. The fourth-order valence-electron chi connectivity index (χ4n) is 0.397. The van der Waals surface area contributed by atoms with Crippen LogP contribution in [-0.2, 0) is 9.59 Å². The Labute approximate surface area is 60.0 Å². The maximum atomic E-state index is 10.5. The van der Waals surface area contributed by atoms with E-state index in [0.29, 0.717) is 0 Å². The summed E-state index contributed by atoms with van der Waals surface area (Å²) in [5.41, 5.74) is -0.176. The maximum absolute atomic E-state index is 10.5.